The zero-order valence-corrected chi connectivity index (χ0v) is 17.4. The lowest BCUT2D eigenvalue weighted by Crippen LogP contribution is -2.11. The van der Waals surface area contributed by atoms with Gasteiger partial charge in [0.15, 0.2) is 0 Å². The number of nitrogens with zero attached hydrogens (tertiary/aromatic N) is 1. The molecule has 0 radical (unpaired) electrons. The first-order valence-electron chi connectivity index (χ1n) is 9.52. The number of ether oxygens (including phenoxy) is 1. The standard InChI is InChI=1S/C25H18ClFN2O2/c1-31-20-5-2-4-17(14-20)24-7-3-6-23(29-24)16-8-11-19(12-9-16)28-25(30)18-10-13-22(27)21(26)15-18/h2-15H,1H3,(H,28,30). The topological polar surface area (TPSA) is 51.2 Å². The minimum Gasteiger partial charge on any atom is -0.497 e. The molecule has 31 heavy (non-hydrogen) atoms. The van der Waals surface area contributed by atoms with Gasteiger partial charge in [0.2, 0.25) is 0 Å². The van der Waals surface area contributed by atoms with Gasteiger partial charge < -0.3 is 10.1 Å². The van der Waals surface area contributed by atoms with Crippen molar-refractivity contribution in [2.45, 2.75) is 0 Å². The van der Waals surface area contributed by atoms with Crippen molar-refractivity contribution in [1.82, 2.24) is 4.98 Å². The minimum absolute atomic E-state index is 0.0926. The summed E-state index contributed by atoms with van der Waals surface area (Å²) in [6.45, 7) is 0. The monoisotopic (exact) mass is 432 g/mol. The molecule has 0 aliphatic rings. The van der Waals surface area contributed by atoms with E-state index in [1.165, 1.54) is 18.2 Å². The number of benzene rings is 3. The average molecular weight is 433 g/mol. The van der Waals surface area contributed by atoms with E-state index in [0.717, 1.165) is 28.3 Å². The number of anilines is 1. The zero-order valence-electron chi connectivity index (χ0n) is 16.6. The molecule has 0 saturated heterocycles. The summed E-state index contributed by atoms with van der Waals surface area (Å²) in [5.74, 6) is -0.161. The van der Waals surface area contributed by atoms with Crippen LogP contribution in [0.15, 0.2) is 84.9 Å². The van der Waals surface area contributed by atoms with Crippen molar-refractivity contribution in [3.05, 3.63) is 101 Å². The average Bonchev–Trinajstić information content (AvgIpc) is 2.81. The molecular weight excluding hydrogens is 415 g/mol. The minimum atomic E-state index is -0.564. The van der Waals surface area contributed by atoms with Crippen LogP contribution in [0, 0.1) is 5.82 Å². The highest BCUT2D eigenvalue weighted by Gasteiger charge is 2.10. The second kappa shape index (κ2) is 8.98. The van der Waals surface area contributed by atoms with Crippen LogP contribution >= 0.6 is 11.6 Å². The van der Waals surface area contributed by atoms with E-state index >= 15 is 0 Å². The lowest BCUT2D eigenvalue weighted by Gasteiger charge is -2.09. The Labute approximate surface area is 184 Å². The third-order valence-corrected chi connectivity index (χ3v) is 5.02. The molecule has 1 amide bonds. The van der Waals surface area contributed by atoms with Crippen LogP contribution in [0.1, 0.15) is 10.4 Å². The number of hydrogen-bond donors (Lipinski definition) is 1. The number of hydrogen-bond acceptors (Lipinski definition) is 3. The van der Waals surface area contributed by atoms with Crippen LogP contribution in [0.25, 0.3) is 22.5 Å². The Bertz CT molecular complexity index is 1240. The molecule has 154 valence electrons. The van der Waals surface area contributed by atoms with Crippen molar-refractivity contribution in [3.63, 3.8) is 0 Å². The molecule has 0 spiro atoms. The van der Waals surface area contributed by atoms with Crippen molar-refractivity contribution >= 4 is 23.2 Å². The van der Waals surface area contributed by atoms with Crippen molar-refractivity contribution in [1.29, 1.82) is 0 Å². The molecule has 4 aromatic rings. The first-order chi connectivity index (χ1) is 15.0. The molecule has 0 atom stereocenters. The Hall–Kier alpha value is -3.70. The molecule has 4 rings (SSSR count). The zero-order chi connectivity index (χ0) is 21.8. The number of carbonyl (C=O) groups is 1. The van der Waals surface area contributed by atoms with Gasteiger partial charge in [0.05, 0.1) is 23.5 Å². The Balaban J connectivity index is 1.53. The van der Waals surface area contributed by atoms with Crippen molar-refractivity contribution in [3.8, 4) is 28.3 Å². The van der Waals surface area contributed by atoms with E-state index in [1.807, 2.05) is 54.6 Å². The molecule has 0 fully saturated rings. The number of carbonyl (C=O) groups excluding carboxylic acids is 1. The smallest absolute Gasteiger partial charge is 0.255 e. The van der Waals surface area contributed by atoms with E-state index in [4.69, 9.17) is 21.3 Å². The number of halogens is 2. The second-order valence-electron chi connectivity index (χ2n) is 6.80. The number of aromatic nitrogens is 1. The summed E-state index contributed by atoms with van der Waals surface area (Å²) < 4.78 is 18.6. The predicted molar refractivity (Wildman–Crippen MR) is 121 cm³/mol. The summed E-state index contributed by atoms with van der Waals surface area (Å²) in [6.07, 6.45) is 0. The molecule has 1 heterocycles. The molecule has 0 unspecified atom stereocenters. The second-order valence-corrected chi connectivity index (χ2v) is 7.21. The van der Waals surface area contributed by atoms with Gasteiger partial charge in [-0.2, -0.15) is 0 Å². The van der Waals surface area contributed by atoms with Gasteiger partial charge in [0.1, 0.15) is 11.6 Å². The molecule has 0 aliphatic heterocycles. The number of pyridine rings is 1. The van der Waals surface area contributed by atoms with Gasteiger partial charge in [-0.25, -0.2) is 9.37 Å². The molecule has 4 nitrogen and oxygen atoms in total. The third kappa shape index (κ3) is 4.73. The highest BCUT2D eigenvalue weighted by Crippen LogP contribution is 2.26. The van der Waals surface area contributed by atoms with E-state index in [9.17, 15) is 9.18 Å². The summed E-state index contributed by atoms with van der Waals surface area (Å²) in [6, 6.07) is 24.8. The molecule has 1 N–H and O–H groups in total. The summed E-state index contributed by atoms with van der Waals surface area (Å²) in [5.41, 5.74) is 4.40. The maximum atomic E-state index is 13.3. The van der Waals surface area contributed by atoms with Crippen LogP contribution in [0.5, 0.6) is 5.75 Å². The molecule has 3 aromatic carbocycles. The molecule has 0 aliphatic carbocycles. The number of nitrogens with one attached hydrogen (secondary N) is 1. The normalized spacial score (nSPS) is 10.5. The first kappa shape index (κ1) is 20.6. The maximum absolute atomic E-state index is 13.3. The molecule has 0 saturated carbocycles. The highest BCUT2D eigenvalue weighted by atomic mass is 35.5. The Kier molecular flexibility index (Phi) is 5.96. The summed E-state index contributed by atoms with van der Waals surface area (Å²) in [5, 5.41) is 2.69. The van der Waals surface area contributed by atoms with Gasteiger partial charge >= 0.3 is 0 Å². The maximum Gasteiger partial charge on any atom is 0.255 e. The van der Waals surface area contributed by atoms with Gasteiger partial charge in [0.25, 0.3) is 5.91 Å². The van der Waals surface area contributed by atoms with Crippen LogP contribution in [0.4, 0.5) is 10.1 Å². The largest absolute Gasteiger partial charge is 0.497 e. The van der Waals surface area contributed by atoms with Crippen LogP contribution in [0.2, 0.25) is 5.02 Å². The number of methoxy groups -OCH3 is 1. The Morgan fingerprint density at radius 2 is 1.61 bits per heavy atom. The highest BCUT2D eigenvalue weighted by molar-refractivity contribution is 6.31. The van der Waals surface area contributed by atoms with Crippen molar-refractivity contribution in [2.75, 3.05) is 12.4 Å². The van der Waals surface area contributed by atoms with E-state index in [2.05, 4.69) is 5.32 Å². The van der Waals surface area contributed by atoms with Gasteiger partial charge in [-0.15, -0.1) is 0 Å². The van der Waals surface area contributed by atoms with Gasteiger partial charge in [-0.05, 0) is 54.6 Å². The van der Waals surface area contributed by atoms with Crippen LogP contribution in [-0.2, 0) is 0 Å². The SMILES string of the molecule is COc1cccc(-c2cccc(-c3ccc(NC(=O)c4ccc(F)c(Cl)c4)cc3)n2)c1. The Morgan fingerprint density at radius 1 is 0.903 bits per heavy atom. The van der Waals surface area contributed by atoms with Crippen LogP contribution in [0.3, 0.4) is 0 Å². The fourth-order valence-corrected chi connectivity index (χ4v) is 3.28. The molecule has 6 heteroatoms. The number of amides is 1. The third-order valence-electron chi connectivity index (χ3n) is 4.73. The Morgan fingerprint density at radius 3 is 2.32 bits per heavy atom. The van der Waals surface area contributed by atoms with Crippen molar-refractivity contribution < 1.29 is 13.9 Å². The quantitative estimate of drug-likeness (QED) is 0.393. The molecule has 1 aromatic heterocycles. The summed E-state index contributed by atoms with van der Waals surface area (Å²) >= 11 is 5.75. The fraction of sp³-hybridized carbons (Fsp3) is 0.0400. The first-order valence-corrected chi connectivity index (χ1v) is 9.89. The fourth-order valence-electron chi connectivity index (χ4n) is 3.10. The van der Waals surface area contributed by atoms with E-state index in [0.29, 0.717) is 5.69 Å². The van der Waals surface area contributed by atoms with E-state index in [-0.39, 0.29) is 16.5 Å². The summed E-state index contributed by atoms with van der Waals surface area (Å²) in [4.78, 5) is 17.1. The molecular formula is C25H18ClFN2O2. The lowest BCUT2D eigenvalue weighted by atomic mass is 10.1. The van der Waals surface area contributed by atoms with Crippen LogP contribution < -0.4 is 10.1 Å². The van der Waals surface area contributed by atoms with Crippen molar-refractivity contribution in [2.24, 2.45) is 0 Å². The van der Waals surface area contributed by atoms with E-state index in [1.54, 1.807) is 19.2 Å². The van der Waals surface area contributed by atoms with Crippen LogP contribution in [-0.4, -0.2) is 18.0 Å². The lowest BCUT2D eigenvalue weighted by molar-refractivity contribution is 0.102. The number of rotatable bonds is 5. The summed E-state index contributed by atoms with van der Waals surface area (Å²) in [7, 11) is 1.63. The van der Waals surface area contributed by atoms with Gasteiger partial charge in [0, 0.05) is 22.4 Å². The van der Waals surface area contributed by atoms with E-state index < -0.39 is 5.82 Å². The molecule has 0 bridgehead atoms. The van der Waals surface area contributed by atoms with Gasteiger partial charge in [-0.1, -0.05) is 41.9 Å². The van der Waals surface area contributed by atoms with Gasteiger partial charge in [-0.3, -0.25) is 4.79 Å². The predicted octanol–water partition coefficient (Wildman–Crippen LogP) is 6.47.